The fraction of sp³-hybridized carbons (Fsp3) is 0.375. The van der Waals surface area contributed by atoms with Crippen LogP contribution in [0.15, 0.2) is 18.3 Å². The Labute approximate surface area is 123 Å². The first-order valence-electron chi connectivity index (χ1n) is 6.95. The second-order valence-electron chi connectivity index (χ2n) is 5.13. The summed E-state index contributed by atoms with van der Waals surface area (Å²) in [5.41, 5.74) is 2.18. The van der Waals surface area contributed by atoms with Crippen molar-refractivity contribution in [2.45, 2.75) is 20.3 Å². The number of fused-ring (bicyclic) bond motifs is 1. The average Bonchev–Trinajstić information content (AvgIpc) is 2.87. The van der Waals surface area contributed by atoms with Gasteiger partial charge in [-0.2, -0.15) is 0 Å². The Hall–Kier alpha value is -2.30. The quantitative estimate of drug-likeness (QED) is 0.679. The minimum absolute atomic E-state index is 0.385. The Morgan fingerprint density at radius 3 is 2.67 bits per heavy atom. The van der Waals surface area contributed by atoms with Crippen LogP contribution >= 0.6 is 0 Å². The molecule has 1 amide bonds. The normalized spacial score (nSPS) is 10.7. The number of aromatic nitrogens is 1. The van der Waals surface area contributed by atoms with Crippen molar-refractivity contribution in [3.63, 3.8) is 0 Å². The lowest BCUT2D eigenvalue weighted by Crippen LogP contribution is -2.33. The number of benzene rings is 1. The molecule has 1 aromatic carbocycles. The summed E-state index contributed by atoms with van der Waals surface area (Å²) in [4.78, 5) is 29.0. The lowest BCUT2D eigenvalue weighted by molar-refractivity contribution is -0.125. The van der Waals surface area contributed by atoms with E-state index in [1.807, 2.05) is 19.9 Å². The maximum atomic E-state index is 12.4. The van der Waals surface area contributed by atoms with Gasteiger partial charge in [-0.15, -0.1) is 0 Å². The lowest BCUT2D eigenvalue weighted by atomic mass is 10.1. The molecule has 5 nitrogen and oxygen atoms in total. The van der Waals surface area contributed by atoms with Gasteiger partial charge in [-0.1, -0.05) is 6.92 Å². The Morgan fingerprint density at radius 1 is 1.33 bits per heavy atom. The van der Waals surface area contributed by atoms with E-state index in [1.54, 1.807) is 26.4 Å². The van der Waals surface area contributed by atoms with E-state index < -0.39 is 11.7 Å². The van der Waals surface area contributed by atoms with Crippen LogP contribution in [0, 0.1) is 6.92 Å². The number of aryl methyl sites for hydroxylation is 1. The molecule has 5 heteroatoms. The smallest absolute Gasteiger partial charge is 0.294 e. The van der Waals surface area contributed by atoms with Gasteiger partial charge < -0.3 is 14.6 Å². The molecule has 1 heterocycles. The van der Waals surface area contributed by atoms with E-state index in [2.05, 4.69) is 4.98 Å². The number of aromatic amines is 1. The van der Waals surface area contributed by atoms with Gasteiger partial charge in [-0.05, 0) is 31.0 Å². The standard InChI is InChI=1S/C16H20N2O3/c1-5-6-18(3)16(20)15(19)12-9-17-13-7-10(2)14(21-4)8-11(12)13/h7-9,17H,5-6H2,1-4H3. The molecule has 0 aliphatic rings. The Bertz CT molecular complexity index is 688. The summed E-state index contributed by atoms with van der Waals surface area (Å²) >= 11 is 0. The number of hydrogen-bond acceptors (Lipinski definition) is 3. The van der Waals surface area contributed by atoms with Crippen molar-refractivity contribution in [3.8, 4) is 5.75 Å². The van der Waals surface area contributed by atoms with Gasteiger partial charge in [0.1, 0.15) is 5.75 Å². The summed E-state index contributed by atoms with van der Waals surface area (Å²) in [6.07, 6.45) is 2.40. The van der Waals surface area contributed by atoms with Gasteiger partial charge in [0.15, 0.2) is 0 Å². The number of methoxy groups -OCH3 is 1. The van der Waals surface area contributed by atoms with E-state index in [9.17, 15) is 9.59 Å². The molecule has 0 spiro atoms. The third-order valence-corrected chi connectivity index (χ3v) is 3.54. The van der Waals surface area contributed by atoms with E-state index in [0.717, 1.165) is 17.5 Å². The zero-order valence-corrected chi connectivity index (χ0v) is 12.8. The van der Waals surface area contributed by atoms with Crippen LogP contribution in [0.5, 0.6) is 5.75 Å². The SMILES string of the molecule is CCCN(C)C(=O)C(=O)c1c[nH]c2cc(C)c(OC)cc12. The van der Waals surface area contributed by atoms with Crippen molar-refractivity contribution in [2.24, 2.45) is 0 Å². The highest BCUT2D eigenvalue weighted by atomic mass is 16.5. The number of ether oxygens (including phenoxy) is 1. The van der Waals surface area contributed by atoms with Crippen molar-refractivity contribution in [1.82, 2.24) is 9.88 Å². The summed E-state index contributed by atoms with van der Waals surface area (Å²) < 4.78 is 5.28. The molecule has 0 saturated carbocycles. The molecule has 0 radical (unpaired) electrons. The molecular weight excluding hydrogens is 268 g/mol. The molecule has 112 valence electrons. The van der Waals surface area contributed by atoms with Crippen LogP contribution in [-0.2, 0) is 4.79 Å². The number of rotatable bonds is 5. The van der Waals surface area contributed by atoms with Crippen LogP contribution in [0.4, 0.5) is 0 Å². The fourth-order valence-electron chi connectivity index (χ4n) is 2.39. The number of likely N-dealkylation sites (N-methyl/N-ethyl adjacent to an activating group) is 1. The monoisotopic (exact) mass is 288 g/mol. The van der Waals surface area contributed by atoms with Crippen molar-refractivity contribution in [2.75, 3.05) is 20.7 Å². The lowest BCUT2D eigenvalue weighted by Gasteiger charge is -2.14. The van der Waals surface area contributed by atoms with Gasteiger partial charge in [0.25, 0.3) is 11.7 Å². The fourth-order valence-corrected chi connectivity index (χ4v) is 2.39. The van der Waals surface area contributed by atoms with Crippen molar-refractivity contribution >= 4 is 22.6 Å². The van der Waals surface area contributed by atoms with Crippen LogP contribution in [0.2, 0.25) is 0 Å². The summed E-state index contributed by atoms with van der Waals surface area (Å²) in [5.74, 6) is -0.286. The van der Waals surface area contributed by atoms with Crippen molar-refractivity contribution in [1.29, 1.82) is 0 Å². The van der Waals surface area contributed by atoms with E-state index >= 15 is 0 Å². The number of nitrogens with zero attached hydrogens (tertiary/aromatic N) is 1. The first-order chi connectivity index (χ1) is 9.99. The van der Waals surface area contributed by atoms with E-state index in [0.29, 0.717) is 23.2 Å². The molecule has 21 heavy (non-hydrogen) atoms. The number of ketones is 1. The van der Waals surface area contributed by atoms with Crippen LogP contribution in [0.3, 0.4) is 0 Å². The molecule has 2 aromatic rings. The highest BCUT2D eigenvalue weighted by Gasteiger charge is 2.23. The molecule has 1 aromatic heterocycles. The molecule has 0 fully saturated rings. The van der Waals surface area contributed by atoms with Gasteiger partial charge in [0.2, 0.25) is 0 Å². The predicted octanol–water partition coefficient (Wildman–Crippen LogP) is 2.54. The minimum Gasteiger partial charge on any atom is -0.496 e. The van der Waals surface area contributed by atoms with Crippen molar-refractivity contribution < 1.29 is 14.3 Å². The summed E-state index contributed by atoms with van der Waals surface area (Å²) in [7, 11) is 3.23. The summed E-state index contributed by atoms with van der Waals surface area (Å²) in [5, 5.41) is 0.709. The second-order valence-corrected chi connectivity index (χ2v) is 5.13. The number of nitrogens with one attached hydrogen (secondary N) is 1. The molecule has 0 unspecified atom stereocenters. The number of amides is 1. The molecule has 0 atom stereocenters. The topological polar surface area (TPSA) is 62.4 Å². The van der Waals surface area contributed by atoms with E-state index in [1.165, 1.54) is 4.90 Å². The zero-order valence-electron chi connectivity index (χ0n) is 12.8. The van der Waals surface area contributed by atoms with E-state index in [-0.39, 0.29) is 0 Å². The molecular formula is C16H20N2O3. The maximum Gasteiger partial charge on any atom is 0.294 e. The van der Waals surface area contributed by atoms with Gasteiger partial charge in [-0.3, -0.25) is 9.59 Å². The molecule has 0 saturated heterocycles. The molecule has 0 aliphatic carbocycles. The zero-order chi connectivity index (χ0) is 15.6. The first-order valence-corrected chi connectivity index (χ1v) is 6.95. The number of carbonyl (C=O) groups is 2. The van der Waals surface area contributed by atoms with Gasteiger partial charge in [-0.25, -0.2) is 0 Å². The maximum absolute atomic E-state index is 12.4. The highest BCUT2D eigenvalue weighted by molar-refractivity contribution is 6.44. The molecule has 1 N–H and O–H groups in total. The largest absolute Gasteiger partial charge is 0.496 e. The molecule has 2 rings (SSSR count). The number of H-pyrrole nitrogens is 1. The Kier molecular flexibility index (Phi) is 4.31. The highest BCUT2D eigenvalue weighted by Crippen LogP contribution is 2.27. The van der Waals surface area contributed by atoms with Crippen LogP contribution in [-0.4, -0.2) is 42.3 Å². The van der Waals surface area contributed by atoms with Crippen LogP contribution in [0.1, 0.15) is 29.3 Å². The second kappa shape index (κ2) is 5.99. The van der Waals surface area contributed by atoms with E-state index in [4.69, 9.17) is 4.74 Å². The van der Waals surface area contributed by atoms with Gasteiger partial charge >= 0.3 is 0 Å². The molecule has 0 aliphatic heterocycles. The number of Topliss-reactive ketones (excluding diaryl/α,β-unsaturated/α-hetero) is 1. The van der Waals surface area contributed by atoms with Crippen LogP contribution < -0.4 is 4.74 Å². The number of hydrogen-bond donors (Lipinski definition) is 1. The predicted molar refractivity (Wildman–Crippen MR) is 81.8 cm³/mol. The minimum atomic E-state index is -0.497. The first kappa shape index (κ1) is 15.1. The number of carbonyl (C=O) groups excluding carboxylic acids is 2. The summed E-state index contributed by atoms with van der Waals surface area (Å²) in [6.45, 7) is 4.46. The average molecular weight is 288 g/mol. The Morgan fingerprint density at radius 2 is 2.05 bits per heavy atom. The Balaban J connectivity index is 2.42. The van der Waals surface area contributed by atoms with Gasteiger partial charge in [0, 0.05) is 30.7 Å². The third-order valence-electron chi connectivity index (χ3n) is 3.54. The van der Waals surface area contributed by atoms with Crippen molar-refractivity contribution in [3.05, 3.63) is 29.5 Å². The molecule has 0 bridgehead atoms. The van der Waals surface area contributed by atoms with Crippen LogP contribution in [0.25, 0.3) is 10.9 Å². The van der Waals surface area contributed by atoms with Gasteiger partial charge in [0.05, 0.1) is 12.7 Å². The summed E-state index contributed by atoms with van der Waals surface area (Å²) in [6, 6.07) is 3.70. The third kappa shape index (κ3) is 2.77.